The minimum atomic E-state index is 0.499. The zero-order valence-corrected chi connectivity index (χ0v) is 23.8. The largest absolute Gasteiger partial charge is 0.249 e. The molecule has 0 saturated heterocycles. The third kappa shape index (κ3) is 3.94. The Morgan fingerprint density at radius 1 is 1.11 bits per heavy atom. The van der Waals surface area contributed by atoms with Gasteiger partial charge in [0, 0.05) is 27.8 Å². The number of nitrogens with zero attached hydrogens (tertiary/aromatic N) is 2. The van der Waals surface area contributed by atoms with E-state index in [0.717, 1.165) is 24.2 Å². The summed E-state index contributed by atoms with van der Waals surface area (Å²) in [5.74, 6) is 5.90. The third-order valence-corrected chi connectivity index (χ3v) is 11.8. The quantitative estimate of drug-likeness (QED) is 0.352. The summed E-state index contributed by atoms with van der Waals surface area (Å²) in [7, 11) is 0. The summed E-state index contributed by atoms with van der Waals surface area (Å²) in [6.07, 6.45) is 14.7. The molecule has 0 aliphatic heterocycles. The van der Waals surface area contributed by atoms with Gasteiger partial charge in [0.2, 0.25) is 0 Å². The van der Waals surface area contributed by atoms with Gasteiger partial charge in [0.25, 0.3) is 0 Å². The van der Waals surface area contributed by atoms with Crippen LogP contribution in [0.15, 0.2) is 47.2 Å². The van der Waals surface area contributed by atoms with Crippen LogP contribution in [-0.4, -0.2) is 9.36 Å². The van der Waals surface area contributed by atoms with Gasteiger partial charge in [0.1, 0.15) is 0 Å². The molecule has 0 amide bonds. The van der Waals surface area contributed by atoms with Gasteiger partial charge in [-0.15, -0.1) is 11.3 Å². The number of hydrogen-bond acceptors (Lipinski definition) is 4. The molecule has 2 aromatic heterocycles. The van der Waals surface area contributed by atoms with Gasteiger partial charge in [-0.3, -0.25) is 0 Å². The number of hydrogen-bond donors (Lipinski definition) is 0. The van der Waals surface area contributed by atoms with E-state index in [2.05, 4.69) is 72.0 Å². The van der Waals surface area contributed by atoms with Crippen molar-refractivity contribution in [1.29, 1.82) is 0 Å². The fraction of sp³-hybridized carbons (Fsp3) is 0.613. The van der Waals surface area contributed by atoms with Gasteiger partial charge in [-0.1, -0.05) is 62.6 Å². The lowest BCUT2D eigenvalue weighted by molar-refractivity contribution is 0.293. The topological polar surface area (TPSA) is 25.8 Å². The Morgan fingerprint density at radius 2 is 1.91 bits per heavy atom. The van der Waals surface area contributed by atoms with Gasteiger partial charge >= 0.3 is 0 Å². The van der Waals surface area contributed by atoms with Crippen molar-refractivity contribution in [3.63, 3.8) is 0 Å². The molecule has 35 heavy (non-hydrogen) atoms. The predicted molar refractivity (Wildman–Crippen MR) is 149 cm³/mol. The molecule has 0 radical (unpaired) electrons. The van der Waals surface area contributed by atoms with Crippen molar-refractivity contribution in [1.82, 2.24) is 9.36 Å². The minimum absolute atomic E-state index is 0.499. The van der Waals surface area contributed by atoms with Crippen LogP contribution in [-0.2, 0) is 6.42 Å². The van der Waals surface area contributed by atoms with Crippen LogP contribution in [0, 0.1) is 35.5 Å². The summed E-state index contributed by atoms with van der Waals surface area (Å²) >= 11 is 3.73. The van der Waals surface area contributed by atoms with E-state index < -0.39 is 0 Å². The zero-order valence-electron chi connectivity index (χ0n) is 22.1. The highest BCUT2D eigenvalue weighted by molar-refractivity contribution is 7.11. The van der Waals surface area contributed by atoms with Crippen molar-refractivity contribution in [2.75, 3.05) is 0 Å². The van der Waals surface area contributed by atoms with E-state index in [1.807, 2.05) is 11.3 Å². The van der Waals surface area contributed by atoms with Crippen molar-refractivity contribution < 1.29 is 0 Å². The van der Waals surface area contributed by atoms with E-state index in [1.165, 1.54) is 45.3 Å². The van der Waals surface area contributed by atoms with Crippen molar-refractivity contribution in [2.24, 2.45) is 35.5 Å². The lowest BCUT2D eigenvalue weighted by atomic mass is 9.76. The Kier molecular flexibility index (Phi) is 6.20. The third-order valence-electron chi connectivity index (χ3n) is 9.50. The molecular weight excluding hydrogens is 464 g/mol. The van der Waals surface area contributed by atoms with E-state index in [1.54, 1.807) is 22.7 Å². The van der Waals surface area contributed by atoms with Gasteiger partial charge in [-0.25, -0.2) is 4.98 Å². The van der Waals surface area contributed by atoms with Crippen LogP contribution in [0.25, 0.3) is 0 Å². The number of fused-ring (bicyclic) bond motifs is 4. The Balaban J connectivity index is 1.22. The van der Waals surface area contributed by atoms with Crippen LogP contribution in [0.4, 0.5) is 0 Å². The van der Waals surface area contributed by atoms with Crippen LogP contribution in [0.1, 0.15) is 99.0 Å². The Hall–Kier alpha value is -1.52. The maximum atomic E-state index is 5.05. The second-order valence-corrected chi connectivity index (χ2v) is 14.2. The van der Waals surface area contributed by atoms with Gasteiger partial charge in [0.05, 0.1) is 10.7 Å². The molecule has 2 heterocycles. The summed E-state index contributed by atoms with van der Waals surface area (Å²) in [5, 5.41) is 1.41. The molecule has 8 atom stereocenters. The number of rotatable bonds is 7. The van der Waals surface area contributed by atoms with Crippen molar-refractivity contribution >= 4 is 22.9 Å². The molecule has 0 N–H and O–H groups in total. The van der Waals surface area contributed by atoms with E-state index >= 15 is 0 Å². The average molecular weight is 505 g/mol. The summed E-state index contributed by atoms with van der Waals surface area (Å²) in [6, 6.07) is 2.39. The van der Waals surface area contributed by atoms with Crippen LogP contribution in [0.3, 0.4) is 0 Å². The number of allylic oxidation sites excluding steroid dienone is 6. The standard InChI is InChI=1S/C31H40N2S2/c1-7-23-14-25(33-35-23)30-24-13-22(28(30)17(4)5)12-21(24)10-18(6)26-15-32-31(34-26)29-20-9-8-19(11-20)27(29)16(2)3/h8-9,12,14-16,18-20,22,24,27,29-30H,7,10-11,13H2,1-6H3. The number of aromatic nitrogens is 2. The molecule has 6 rings (SSSR count). The summed E-state index contributed by atoms with van der Waals surface area (Å²) in [5.41, 5.74) is 6.17. The second-order valence-electron chi connectivity index (χ2n) is 12.2. The highest BCUT2D eigenvalue weighted by Crippen LogP contribution is 2.59. The van der Waals surface area contributed by atoms with Gasteiger partial charge in [0.15, 0.2) is 0 Å². The van der Waals surface area contributed by atoms with E-state index in [4.69, 9.17) is 9.36 Å². The Morgan fingerprint density at radius 3 is 2.63 bits per heavy atom. The molecule has 2 aromatic rings. The molecule has 186 valence electrons. The molecule has 4 aliphatic carbocycles. The molecule has 2 saturated carbocycles. The maximum Gasteiger partial charge on any atom is 0.0967 e. The molecule has 0 aromatic carbocycles. The zero-order chi connectivity index (χ0) is 24.4. The second kappa shape index (κ2) is 9.10. The van der Waals surface area contributed by atoms with E-state index in [0.29, 0.717) is 35.5 Å². The van der Waals surface area contributed by atoms with Crippen LogP contribution in [0.5, 0.6) is 0 Å². The van der Waals surface area contributed by atoms with Gasteiger partial charge in [-0.05, 0) is 98.6 Å². The molecule has 0 spiro atoms. The first-order valence-electron chi connectivity index (χ1n) is 13.8. The molecular formula is C31H40N2S2. The normalized spacial score (nSPS) is 33.9. The van der Waals surface area contributed by atoms with Crippen molar-refractivity contribution in [3.8, 4) is 0 Å². The predicted octanol–water partition coefficient (Wildman–Crippen LogP) is 8.91. The fourth-order valence-corrected chi connectivity index (χ4v) is 9.95. The van der Waals surface area contributed by atoms with Gasteiger partial charge in [-0.2, -0.15) is 4.37 Å². The minimum Gasteiger partial charge on any atom is -0.249 e. The lowest BCUT2D eigenvalue weighted by Crippen LogP contribution is -2.22. The maximum absolute atomic E-state index is 5.05. The van der Waals surface area contributed by atoms with E-state index in [9.17, 15) is 0 Å². The first kappa shape index (κ1) is 23.9. The fourth-order valence-electron chi connectivity index (χ4n) is 8.05. The smallest absolute Gasteiger partial charge is 0.0967 e. The van der Waals surface area contributed by atoms with Crippen LogP contribution >= 0.6 is 22.9 Å². The average Bonchev–Trinajstić information content (AvgIpc) is 3.65. The number of thiazole rings is 1. The summed E-state index contributed by atoms with van der Waals surface area (Å²) in [6.45, 7) is 14.1. The highest BCUT2D eigenvalue weighted by Gasteiger charge is 2.48. The molecule has 8 unspecified atom stereocenters. The lowest BCUT2D eigenvalue weighted by Gasteiger charge is -2.29. The SMILES string of the molecule is CCc1cc(C2C(=C(C)C)C3C=C(CC(C)c4cnc(C5C6C=CC(C6)C5C(C)C)s4)C2C3)ns1. The molecule has 2 nitrogen and oxygen atoms in total. The molecule has 2 fully saturated rings. The Labute approximate surface area is 219 Å². The van der Waals surface area contributed by atoms with Crippen molar-refractivity contribution in [2.45, 2.75) is 85.0 Å². The molecule has 4 bridgehead atoms. The summed E-state index contributed by atoms with van der Waals surface area (Å²) in [4.78, 5) is 7.96. The van der Waals surface area contributed by atoms with Crippen LogP contribution < -0.4 is 0 Å². The van der Waals surface area contributed by atoms with Crippen molar-refractivity contribution in [3.05, 3.63) is 67.7 Å². The van der Waals surface area contributed by atoms with Crippen LogP contribution in [0.2, 0.25) is 0 Å². The Bertz CT molecular complexity index is 1190. The first-order valence-corrected chi connectivity index (χ1v) is 15.4. The van der Waals surface area contributed by atoms with Gasteiger partial charge < -0.3 is 0 Å². The molecule has 4 heteroatoms. The van der Waals surface area contributed by atoms with E-state index in [-0.39, 0.29) is 0 Å². The monoisotopic (exact) mass is 504 g/mol. The highest BCUT2D eigenvalue weighted by atomic mass is 32.1. The number of aryl methyl sites for hydroxylation is 1. The summed E-state index contributed by atoms with van der Waals surface area (Å²) < 4.78 is 4.95. The molecule has 4 aliphatic rings. The first-order chi connectivity index (χ1) is 16.9.